The van der Waals surface area contributed by atoms with Gasteiger partial charge in [0, 0.05) is 10.9 Å². The predicted octanol–water partition coefficient (Wildman–Crippen LogP) is 5.64. The molecule has 0 amide bonds. The summed E-state index contributed by atoms with van der Waals surface area (Å²) in [5, 5.41) is 0.482. The highest BCUT2D eigenvalue weighted by atomic mass is 35.5. The molecule has 6 heteroatoms. The third-order valence-electron chi connectivity index (χ3n) is 2.59. The van der Waals surface area contributed by atoms with E-state index in [0.29, 0.717) is 16.1 Å². The fraction of sp³-hybridized carbons (Fsp3) is 0.143. The monoisotopic (exact) mass is 320 g/mol. The zero-order chi connectivity index (χ0) is 14.8. The van der Waals surface area contributed by atoms with Crippen LogP contribution in [0.25, 0.3) is 11.1 Å². The first kappa shape index (κ1) is 15.0. The number of halogens is 5. The molecule has 0 bridgehead atoms. The van der Waals surface area contributed by atoms with Gasteiger partial charge in [0.1, 0.15) is 5.75 Å². The van der Waals surface area contributed by atoms with Crippen LogP contribution < -0.4 is 4.74 Å². The van der Waals surface area contributed by atoms with Crippen LogP contribution in [0.1, 0.15) is 5.56 Å². The molecule has 0 fully saturated rings. The topological polar surface area (TPSA) is 9.23 Å². The van der Waals surface area contributed by atoms with Crippen molar-refractivity contribution in [1.82, 2.24) is 0 Å². The van der Waals surface area contributed by atoms with E-state index in [1.165, 1.54) is 18.2 Å². The Morgan fingerprint density at radius 1 is 1.05 bits per heavy atom. The highest BCUT2D eigenvalue weighted by Crippen LogP contribution is 2.32. The van der Waals surface area contributed by atoms with Crippen molar-refractivity contribution in [3.05, 3.63) is 53.1 Å². The summed E-state index contributed by atoms with van der Waals surface area (Å²) < 4.78 is 40.6. The number of benzene rings is 2. The summed E-state index contributed by atoms with van der Waals surface area (Å²) in [6.45, 7) is 0. The van der Waals surface area contributed by atoms with E-state index in [1.54, 1.807) is 24.3 Å². The fourth-order valence-electron chi connectivity index (χ4n) is 1.79. The summed E-state index contributed by atoms with van der Waals surface area (Å²) in [6, 6.07) is 10.8. The van der Waals surface area contributed by atoms with E-state index in [2.05, 4.69) is 4.74 Å². The van der Waals surface area contributed by atoms with Gasteiger partial charge in [-0.3, -0.25) is 0 Å². The number of hydrogen-bond acceptors (Lipinski definition) is 1. The molecule has 0 aliphatic carbocycles. The molecule has 1 nitrogen and oxygen atoms in total. The van der Waals surface area contributed by atoms with Gasteiger partial charge < -0.3 is 4.74 Å². The van der Waals surface area contributed by atoms with E-state index < -0.39 is 6.36 Å². The summed E-state index contributed by atoms with van der Waals surface area (Å²) in [5.41, 5.74) is 2.02. The largest absolute Gasteiger partial charge is 0.573 e. The first-order valence-electron chi connectivity index (χ1n) is 5.59. The Hall–Kier alpha value is -1.39. The SMILES string of the molecule is FC(F)(F)Oc1cccc(-c2cc(Cl)ccc2CCl)c1. The Kier molecular flexibility index (Phi) is 4.45. The van der Waals surface area contributed by atoms with Crippen LogP contribution in [0.3, 0.4) is 0 Å². The zero-order valence-corrected chi connectivity index (χ0v) is 11.6. The molecule has 0 saturated carbocycles. The van der Waals surface area contributed by atoms with Gasteiger partial charge in [0.2, 0.25) is 0 Å². The molecule has 106 valence electrons. The van der Waals surface area contributed by atoms with Crippen molar-refractivity contribution >= 4 is 23.2 Å². The van der Waals surface area contributed by atoms with Crippen molar-refractivity contribution in [3.8, 4) is 16.9 Å². The molecule has 0 radical (unpaired) electrons. The van der Waals surface area contributed by atoms with Crippen LogP contribution in [-0.4, -0.2) is 6.36 Å². The lowest BCUT2D eigenvalue weighted by Crippen LogP contribution is -2.17. The summed E-state index contributed by atoms with van der Waals surface area (Å²) in [5.74, 6) is -0.0490. The molecule has 0 aliphatic rings. The maximum atomic E-state index is 12.2. The van der Waals surface area contributed by atoms with Crippen molar-refractivity contribution in [2.45, 2.75) is 12.2 Å². The Morgan fingerprint density at radius 2 is 1.80 bits per heavy atom. The summed E-state index contributed by atoms with van der Waals surface area (Å²) >= 11 is 11.7. The molecule has 2 aromatic rings. The second-order valence-corrected chi connectivity index (χ2v) is 4.71. The quantitative estimate of drug-likeness (QED) is 0.664. The Bertz CT molecular complexity index is 612. The molecule has 0 N–H and O–H groups in total. The predicted molar refractivity (Wildman–Crippen MR) is 73.1 cm³/mol. The molecule has 0 saturated heterocycles. The summed E-state index contributed by atoms with van der Waals surface area (Å²) in [4.78, 5) is 0. The van der Waals surface area contributed by atoms with Crippen LogP contribution in [0, 0.1) is 0 Å². The molecule has 0 unspecified atom stereocenters. The van der Waals surface area contributed by atoms with Gasteiger partial charge in [0.05, 0.1) is 0 Å². The molecule has 0 spiro atoms. The minimum absolute atomic E-state index is 0.233. The van der Waals surface area contributed by atoms with E-state index >= 15 is 0 Å². The maximum Gasteiger partial charge on any atom is 0.573 e. The molecule has 0 atom stereocenters. The van der Waals surface area contributed by atoms with Crippen LogP contribution in [0.15, 0.2) is 42.5 Å². The summed E-state index contributed by atoms with van der Waals surface area (Å²) in [7, 11) is 0. The van der Waals surface area contributed by atoms with Gasteiger partial charge in [-0.2, -0.15) is 0 Å². The smallest absolute Gasteiger partial charge is 0.406 e. The van der Waals surface area contributed by atoms with E-state index in [9.17, 15) is 13.2 Å². The van der Waals surface area contributed by atoms with Gasteiger partial charge >= 0.3 is 6.36 Å². The molecule has 0 heterocycles. The second-order valence-electron chi connectivity index (χ2n) is 4.01. The number of rotatable bonds is 3. The molecule has 0 aromatic heterocycles. The minimum Gasteiger partial charge on any atom is -0.406 e. The lowest BCUT2D eigenvalue weighted by Gasteiger charge is -2.12. The summed E-state index contributed by atoms with van der Waals surface area (Å²) in [6.07, 6.45) is -4.72. The lowest BCUT2D eigenvalue weighted by atomic mass is 10.0. The molecule has 0 aliphatic heterocycles. The molecular weight excluding hydrogens is 312 g/mol. The van der Waals surface area contributed by atoms with E-state index in [4.69, 9.17) is 23.2 Å². The van der Waals surface area contributed by atoms with Crippen LogP contribution in [0.2, 0.25) is 5.02 Å². The van der Waals surface area contributed by atoms with Crippen molar-refractivity contribution in [2.24, 2.45) is 0 Å². The molecule has 2 aromatic carbocycles. The fourth-order valence-corrected chi connectivity index (χ4v) is 2.20. The van der Waals surface area contributed by atoms with Gasteiger partial charge in [0.25, 0.3) is 0 Å². The normalized spacial score (nSPS) is 11.4. The van der Waals surface area contributed by atoms with Crippen molar-refractivity contribution in [1.29, 1.82) is 0 Å². The number of ether oxygens (including phenoxy) is 1. The third-order valence-corrected chi connectivity index (χ3v) is 3.12. The van der Waals surface area contributed by atoms with Crippen molar-refractivity contribution < 1.29 is 17.9 Å². The average Bonchev–Trinajstić information content (AvgIpc) is 2.37. The first-order chi connectivity index (χ1) is 9.39. The van der Waals surface area contributed by atoms with Gasteiger partial charge in [-0.15, -0.1) is 24.8 Å². The van der Waals surface area contributed by atoms with Gasteiger partial charge in [0.15, 0.2) is 0 Å². The Morgan fingerprint density at radius 3 is 2.45 bits per heavy atom. The van der Waals surface area contributed by atoms with Crippen LogP contribution in [0.4, 0.5) is 13.2 Å². The maximum absolute atomic E-state index is 12.2. The van der Waals surface area contributed by atoms with Crippen LogP contribution in [-0.2, 0) is 5.88 Å². The highest BCUT2D eigenvalue weighted by molar-refractivity contribution is 6.31. The third kappa shape index (κ3) is 3.81. The van der Waals surface area contributed by atoms with E-state index in [1.807, 2.05) is 0 Å². The molecule has 20 heavy (non-hydrogen) atoms. The number of hydrogen-bond donors (Lipinski definition) is 0. The average molecular weight is 321 g/mol. The van der Waals surface area contributed by atoms with Gasteiger partial charge in [-0.1, -0.05) is 29.8 Å². The van der Waals surface area contributed by atoms with Gasteiger partial charge in [-0.05, 0) is 41.0 Å². The lowest BCUT2D eigenvalue weighted by molar-refractivity contribution is -0.274. The molecule has 2 rings (SSSR count). The first-order valence-corrected chi connectivity index (χ1v) is 6.51. The van der Waals surface area contributed by atoms with Crippen LogP contribution in [0.5, 0.6) is 5.75 Å². The van der Waals surface area contributed by atoms with Gasteiger partial charge in [-0.25, -0.2) is 0 Å². The van der Waals surface area contributed by atoms with E-state index in [0.717, 1.165) is 5.56 Å². The molecular formula is C14H9Cl2F3O. The second kappa shape index (κ2) is 5.94. The van der Waals surface area contributed by atoms with E-state index in [-0.39, 0.29) is 11.6 Å². The highest BCUT2D eigenvalue weighted by Gasteiger charge is 2.31. The number of alkyl halides is 4. The standard InChI is InChI=1S/C14H9Cl2F3O/c15-8-10-4-5-11(16)7-13(10)9-2-1-3-12(6-9)20-14(17,18)19/h1-7H,8H2. The Labute approximate surface area is 123 Å². The minimum atomic E-state index is -4.72. The zero-order valence-electron chi connectivity index (χ0n) is 10.0. The van der Waals surface area contributed by atoms with Crippen molar-refractivity contribution in [3.63, 3.8) is 0 Å². The Balaban J connectivity index is 2.43. The van der Waals surface area contributed by atoms with Crippen LogP contribution >= 0.6 is 23.2 Å². The van der Waals surface area contributed by atoms with Crippen molar-refractivity contribution in [2.75, 3.05) is 0 Å².